The van der Waals surface area contributed by atoms with Gasteiger partial charge in [-0.05, 0) is 37.1 Å². The molecule has 0 bridgehead atoms. The average molecular weight is 241 g/mol. The van der Waals surface area contributed by atoms with Crippen LogP contribution in [-0.2, 0) is 15.3 Å². The molecule has 1 rings (SSSR count). The van der Waals surface area contributed by atoms with Crippen molar-refractivity contribution in [1.29, 1.82) is 0 Å². The van der Waals surface area contributed by atoms with E-state index in [-0.39, 0.29) is 11.8 Å². The highest BCUT2D eigenvalue weighted by Crippen LogP contribution is 2.09. The van der Waals surface area contributed by atoms with Crippen LogP contribution in [0.5, 0.6) is 0 Å². The molecule has 4 nitrogen and oxygen atoms in total. The second-order valence-electron chi connectivity index (χ2n) is 3.42. The number of amides is 1. The fraction of sp³-hybridized carbons (Fsp3) is 0.364. The Bertz CT molecular complexity index is 418. The molecule has 0 radical (unpaired) electrons. The summed E-state index contributed by atoms with van der Waals surface area (Å²) in [7, 11) is 1.33. The summed E-state index contributed by atoms with van der Waals surface area (Å²) in [5.41, 5.74) is 2.76. The lowest BCUT2D eigenvalue weighted by Crippen LogP contribution is -2.27. The number of benzene rings is 1. The first kappa shape index (κ1) is 12.9. The molecule has 5 heteroatoms. The number of nitrogens with one attached hydrogen (secondary N) is 1. The average Bonchev–Trinajstić information content (AvgIpc) is 2.29. The van der Waals surface area contributed by atoms with Gasteiger partial charge in [-0.3, -0.25) is 8.98 Å². The van der Waals surface area contributed by atoms with Crippen molar-refractivity contribution in [1.82, 2.24) is 5.32 Å². The summed E-state index contributed by atoms with van der Waals surface area (Å²) in [4.78, 5) is 11.6. The van der Waals surface area contributed by atoms with E-state index in [1.54, 1.807) is 12.1 Å². The predicted molar refractivity (Wildman–Crippen MR) is 63.4 cm³/mol. The molecule has 1 atom stereocenters. The highest BCUT2D eigenvalue weighted by Gasteiger charge is 2.07. The van der Waals surface area contributed by atoms with Gasteiger partial charge in [0.05, 0.1) is 7.11 Å². The summed E-state index contributed by atoms with van der Waals surface area (Å²) in [6.45, 7) is 3.93. The van der Waals surface area contributed by atoms with Crippen molar-refractivity contribution >= 4 is 17.0 Å². The summed E-state index contributed by atoms with van der Waals surface area (Å²) in [6.07, 6.45) is 0. The molecule has 0 fully saturated rings. The highest BCUT2D eigenvalue weighted by molar-refractivity contribution is 7.80. The Kier molecular flexibility index (Phi) is 4.64. The SMILES string of the molecule is COS(=O)CNC(=O)c1ccc(C)c(C)c1. The van der Waals surface area contributed by atoms with E-state index < -0.39 is 11.1 Å². The minimum Gasteiger partial charge on any atom is -0.338 e. The first-order valence-corrected chi connectivity index (χ1v) is 6.07. The summed E-state index contributed by atoms with van der Waals surface area (Å²) in [5.74, 6) is -0.240. The molecule has 16 heavy (non-hydrogen) atoms. The van der Waals surface area contributed by atoms with E-state index in [0.29, 0.717) is 5.56 Å². The van der Waals surface area contributed by atoms with Crippen LogP contribution in [0.25, 0.3) is 0 Å². The van der Waals surface area contributed by atoms with Gasteiger partial charge in [0.15, 0.2) is 11.1 Å². The maximum atomic E-state index is 11.6. The van der Waals surface area contributed by atoms with E-state index >= 15 is 0 Å². The third-order valence-corrected chi connectivity index (χ3v) is 3.06. The van der Waals surface area contributed by atoms with E-state index in [4.69, 9.17) is 0 Å². The van der Waals surface area contributed by atoms with Crippen molar-refractivity contribution in [3.8, 4) is 0 Å². The maximum Gasteiger partial charge on any atom is 0.252 e. The summed E-state index contributed by atoms with van der Waals surface area (Å²) in [5, 5.41) is 2.53. The minimum absolute atomic E-state index is 0.00224. The van der Waals surface area contributed by atoms with Gasteiger partial charge in [-0.2, -0.15) is 0 Å². The van der Waals surface area contributed by atoms with Crippen molar-refractivity contribution in [3.63, 3.8) is 0 Å². The van der Waals surface area contributed by atoms with Gasteiger partial charge < -0.3 is 5.32 Å². The second-order valence-corrected chi connectivity index (χ2v) is 4.65. The minimum atomic E-state index is -1.46. The number of rotatable bonds is 4. The van der Waals surface area contributed by atoms with Crippen LogP contribution in [-0.4, -0.2) is 23.1 Å². The van der Waals surface area contributed by atoms with Crippen LogP contribution in [0.15, 0.2) is 18.2 Å². The molecule has 1 amide bonds. The first-order valence-electron chi connectivity index (χ1n) is 4.83. The van der Waals surface area contributed by atoms with E-state index in [2.05, 4.69) is 9.50 Å². The molecule has 88 valence electrons. The molecular weight excluding hydrogens is 226 g/mol. The molecule has 0 heterocycles. The summed E-state index contributed by atoms with van der Waals surface area (Å²) in [6, 6.07) is 5.44. The van der Waals surface area contributed by atoms with Gasteiger partial charge in [0.1, 0.15) is 5.88 Å². The van der Waals surface area contributed by atoms with Gasteiger partial charge in [-0.15, -0.1) is 0 Å². The first-order chi connectivity index (χ1) is 7.54. The van der Waals surface area contributed by atoms with E-state index in [1.165, 1.54) is 7.11 Å². The summed E-state index contributed by atoms with van der Waals surface area (Å²) >= 11 is -1.46. The van der Waals surface area contributed by atoms with Gasteiger partial charge in [0.25, 0.3) is 5.91 Å². The van der Waals surface area contributed by atoms with E-state index in [1.807, 2.05) is 19.9 Å². The van der Waals surface area contributed by atoms with Gasteiger partial charge >= 0.3 is 0 Å². The molecule has 0 aliphatic rings. The molecule has 0 aromatic heterocycles. The van der Waals surface area contributed by atoms with Gasteiger partial charge in [-0.25, -0.2) is 4.21 Å². The van der Waals surface area contributed by atoms with Crippen molar-refractivity contribution in [2.24, 2.45) is 0 Å². The quantitative estimate of drug-likeness (QED) is 0.864. The standard InChI is InChI=1S/C11H15NO3S/c1-8-4-5-10(6-9(8)2)11(13)12-7-16(14)15-3/h4-6H,7H2,1-3H3,(H,12,13). The monoisotopic (exact) mass is 241 g/mol. The lowest BCUT2D eigenvalue weighted by atomic mass is 10.1. The zero-order valence-corrected chi connectivity index (χ0v) is 10.4. The molecule has 0 aliphatic carbocycles. The lowest BCUT2D eigenvalue weighted by molar-refractivity contribution is 0.0959. The van der Waals surface area contributed by atoms with Crippen molar-refractivity contribution in [3.05, 3.63) is 34.9 Å². The Morgan fingerprint density at radius 2 is 2.06 bits per heavy atom. The third-order valence-electron chi connectivity index (χ3n) is 2.31. The van der Waals surface area contributed by atoms with Gasteiger partial charge in [0.2, 0.25) is 0 Å². The number of carbonyl (C=O) groups is 1. The number of hydrogen-bond acceptors (Lipinski definition) is 3. The normalized spacial score (nSPS) is 12.2. The molecule has 1 aromatic rings. The number of carbonyl (C=O) groups excluding carboxylic acids is 1. The Morgan fingerprint density at radius 1 is 1.38 bits per heavy atom. The molecule has 0 spiro atoms. The van der Waals surface area contributed by atoms with Crippen LogP contribution >= 0.6 is 0 Å². The fourth-order valence-electron chi connectivity index (χ4n) is 1.17. The van der Waals surface area contributed by atoms with Crippen molar-refractivity contribution < 1.29 is 13.2 Å². The van der Waals surface area contributed by atoms with E-state index in [0.717, 1.165) is 11.1 Å². The van der Waals surface area contributed by atoms with Gasteiger partial charge in [0, 0.05) is 5.56 Å². The Hall–Kier alpha value is -1.20. The molecule has 0 aliphatic heterocycles. The van der Waals surface area contributed by atoms with Crippen LogP contribution in [0, 0.1) is 13.8 Å². The molecule has 1 aromatic carbocycles. The molecule has 0 saturated carbocycles. The van der Waals surface area contributed by atoms with E-state index in [9.17, 15) is 9.00 Å². The largest absolute Gasteiger partial charge is 0.338 e. The third kappa shape index (κ3) is 3.43. The molecular formula is C11H15NO3S. The topological polar surface area (TPSA) is 55.4 Å². The Morgan fingerprint density at radius 3 is 2.62 bits per heavy atom. The molecule has 1 N–H and O–H groups in total. The van der Waals surface area contributed by atoms with Crippen LogP contribution in [0.3, 0.4) is 0 Å². The van der Waals surface area contributed by atoms with Crippen LogP contribution in [0.2, 0.25) is 0 Å². The van der Waals surface area contributed by atoms with Crippen LogP contribution in [0.1, 0.15) is 21.5 Å². The van der Waals surface area contributed by atoms with Crippen molar-refractivity contribution in [2.75, 3.05) is 13.0 Å². The van der Waals surface area contributed by atoms with Gasteiger partial charge in [-0.1, -0.05) is 6.07 Å². The smallest absolute Gasteiger partial charge is 0.252 e. The number of hydrogen-bond donors (Lipinski definition) is 1. The Labute approximate surface area is 97.7 Å². The summed E-state index contributed by atoms with van der Waals surface area (Å²) < 4.78 is 15.5. The maximum absolute atomic E-state index is 11.6. The fourth-order valence-corrected chi connectivity index (χ4v) is 1.53. The highest BCUT2D eigenvalue weighted by atomic mass is 32.2. The molecule has 0 saturated heterocycles. The Balaban J connectivity index is 2.66. The lowest BCUT2D eigenvalue weighted by Gasteiger charge is -2.06. The predicted octanol–water partition coefficient (Wildman–Crippen LogP) is 1.30. The van der Waals surface area contributed by atoms with Crippen LogP contribution in [0.4, 0.5) is 0 Å². The zero-order chi connectivity index (χ0) is 12.1. The number of aryl methyl sites for hydroxylation is 2. The van der Waals surface area contributed by atoms with Crippen LogP contribution < -0.4 is 5.32 Å². The van der Waals surface area contributed by atoms with Crippen molar-refractivity contribution in [2.45, 2.75) is 13.8 Å². The molecule has 1 unspecified atom stereocenters. The zero-order valence-electron chi connectivity index (χ0n) is 9.57. The second kappa shape index (κ2) is 5.77.